The number of nitrogens with one attached hydrogen (secondary N) is 1. The zero-order chi connectivity index (χ0) is 11.7. The molecule has 0 bridgehead atoms. The predicted molar refractivity (Wildman–Crippen MR) is 64.5 cm³/mol. The molecule has 6 nitrogen and oxygen atoms in total. The summed E-state index contributed by atoms with van der Waals surface area (Å²) >= 11 is 0. The summed E-state index contributed by atoms with van der Waals surface area (Å²) in [4.78, 5) is 12.5. The average Bonchev–Trinajstić information content (AvgIpc) is 2.82. The van der Waals surface area contributed by atoms with E-state index in [1.807, 2.05) is 28.8 Å². The van der Waals surface area contributed by atoms with E-state index < -0.39 is 0 Å². The van der Waals surface area contributed by atoms with Crippen molar-refractivity contribution in [2.45, 2.75) is 0 Å². The molecule has 3 rings (SSSR count). The largest absolute Gasteiger partial charge is 0.292 e. The number of nitrogens with two attached hydrogens (primary N) is 1. The molecule has 0 saturated heterocycles. The van der Waals surface area contributed by atoms with Crippen molar-refractivity contribution in [1.29, 1.82) is 0 Å². The van der Waals surface area contributed by atoms with Crippen LogP contribution in [0.3, 0.4) is 0 Å². The fourth-order valence-corrected chi connectivity index (χ4v) is 1.69. The lowest BCUT2D eigenvalue weighted by Crippen LogP contribution is -2.11. The highest BCUT2D eigenvalue weighted by molar-refractivity contribution is 5.76. The molecular weight excluding hydrogens is 216 g/mol. The Morgan fingerprint density at radius 1 is 1.12 bits per heavy atom. The number of anilines is 1. The first-order valence-corrected chi connectivity index (χ1v) is 5.10. The number of fused-ring (bicyclic) bond motifs is 1. The topological polar surface area (TPSA) is 81.6 Å². The molecule has 0 aliphatic rings. The number of hydrazine groups is 1. The van der Waals surface area contributed by atoms with Crippen LogP contribution in [-0.4, -0.2) is 19.5 Å². The second-order valence-electron chi connectivity index (χ2n) is 3.49. The van der Waals surface area contributed by atoms with Crippen molar-refractivity contribution in [3.05, 3.63) is 42.9 Å². The molecule has 0 aliphatic carbocycles. The lowest BCUT2D eigenvalue weighted by atomic mass is 10.3. The summed E-state index contributed by atoms with van der Waals surface area (Å²) in [6, 6.07) is 9.65. The zero-order valence-corrected chi connectivity index (χ0v) is 8.91. The number of imidazole rings is 1. The zero-order valence-electron chi connectivity index (χ0n) is 8.91. The molecule has 0 atom stereocenters. The molecular formula is C11H10N6. The molecule has 0 unspecified atom stereocenters. The molecule has 6 heteroatoms. The Bertz CT molecular complexity index is 660. The molecule has 0 saturated carbocycles. The highest BCUT2D eigenvalue weighted by Gasteiger charge is 2.05. The van der Waals surface area contributed by atoms with Gasteiger partial charge in [0.05, 0.1) is 11.0 Å². The van der Waals surface area contributed by atoms with E-state index in [2.05, 4.69) is 20.4 Å². The van der Waals surface area contributed by atoms with Crippen LogP contribution in [0.4, 0.5) is 5.95 Å². The van der Waals surface area contributed by atoms with E-state index >= 15 is 0 Å². The summed E-state index contributed by atoms with van der Waals surface area (Å²) in [5.74, 6) is 6.38. The molecule has 0 aliphatic heterocycles. The first kappa shape index (κ1) is 9.73. The van der Waals surface area contributed by atoms with Crippen molar-refractivity contribution in [3.63, 3.8) is 0 Å². The number of hydrogen-bond donors (Lipinski definition) is 2. The Kier molecular flexibility index (Phi) is 2.20. The van der Waals surface area contributed by atoms with Crippen LogP contribution in [0.5, 0.6) is 0 Å². The van der Waals surface area contributed by atoms with Crippen molar-refractivity contribution in [2.75, 3.05) is 5.43 Å². The number of nitrogens with zero attached hydrogens (tertiary/aromatic N) is 4. The molecule has 0 fully saturated rings. The van der Waals surface area contributed by atoms with E-state index in [0.717, 1.165) is 16.9 Å². The van der Waals surface area contributed by atoms with Gasteiger partial charge in [0.1, 0.15) is 12.1 Å². The smallest absolute Gasteiger partial charge is 0.239 e. The van der Waals surface area contributed by atoms with Gasteiger partial charge in [-0.05, 0) is 18.2 Å². The van der Waals surface area contributed by atoms with Gasteiger partial charge in [0.15, 0.2) is 0 Å². The number of para-hydroxylation sites is 2. The van der Waals surface area contributed by atoms with E-state index in [0.29, 0.717) is 5.95 Å². The summed E-state index contributed by atoms with van der Waals surface area (Å²) in [6.07, 6.45) is 3.37. The van der Waals surface area contributed by atoms with Crippen molar-refractivity contribution in [2.24, 2.45) is 5.84 Å². The minimum Gasteiger partial charge on any atom is -0.292 e. The Morgan fingerprint density at radius 3 is 2.88 bits per heavy atom. The van der Waals surface area contributed by atoms with Gasteiger partial charge in [-0.2, -0.15) is 4.98 Å². The van der Waals surface area contributed by atoms with Gasteiger partial charge >= 0.3 is 0 Å². The third kappa shape index (κ3) is 1.60. The summed E-state index contributed by atoms with van der Waals surface area (Å²) in [7, 11) is 0. The van der Waals surface area contributed by atoms with Gasteiger partial charge in [0.2, 0.25) is 5.95 Å². The SMILES string of the molecule is NNc1nccc(-n2cnc3ccccc32)n1. The minimum atomic E-state index is 0.375. The van der Waals surface area contributed by atoms with E-state index in [9.17, 15) is 0 Å². The third-order valence-electron chi connectivity index (χ3n) is 2.47. The molecule has 0 spiro atoms. The van der Waals surface area contributed by atoms with E-state index in [1.54, 1.807) is 18.6 Å². The highest BCUT2D eigenvalue weighted by atomic mass is 15.3. The standard InChI is InChI=1S/C11H10N6/c12-16-11-13-6-5-10(15-11)17-7-14-8-3-1-2-4-9(8)17/h1-7H,12H2,(H,13,15,16). The van der Waals surface area contributed by atoms with Crippen molar-refractivity contribution in [3.8, 4) is 5.82 Å². The van der Waals surface area contributed by atoms with Crippen LogP contribution < -0.4 is 11.3 Å². The third-order valence-corrected chi connectivity index (χ3v) is 2.47. The maximum absolute atomic E-state index is 5.28. The molecule has 3 aromatic rings. The molecule has 2 heterocycles. The summed E-state index contributed by atoms with van der Waals surface area (Å²) < 4.78 is 1.89. The summed E-state index contributed by atoms with van der Waals surface area (Å²) in [6.45, 7) is 0. The van der Waals surface area contributed by atoms with Crippen LogP contribution in [0.2, 0.25) is 0 Å². The van der Waals surface area contributed by atoms with Crippen LogP contribution in [0, 0.1) is 0 Å². The predicted octanol–water partition coefficient (Wildman–Crippen LogP) is 1.10. The number of rotatable bonds is 2. The second-order valence-corrected chi connectivity index (χ2v) is 3.49. The molecule has 84 valence electrons. The minimum absolute atomic E-state index is 0.375. The fraction of sp³-hybridized carbons (Fsp3) is 0. The van der Waals surface area contributed by atoms with Crippen LogP contribution in [0.1, 0.15) is 0 Å². The lowest BCUT2D eigenvalue weighted by molar-refractivity contribution is 0.989. The lowest BCUT2D eigenvalue weighted by Gasteiger charge is -2.04. The fourth-order valence-electron chi connectivity index (χ4n) is 1.69. The Balaban J connectivity index is 2.20. The average molecular weight is 226 g/mol. The Morgan fingerprint density at radius 2 is 2.00 bits per heavy atom. The first-order valence-electron chi connectivity index (χ1n) is 5.10. The second kappa shape index (κ2) is 3.84. The normalized spacial score (nSPS) is 10.6. The van der Waals surface area contributed by atoms with Crippen LogP contribution in [-0.2, 0) is 0 Å². The van der Waals surface area contributed by atoms with Gasteiger partial charge < -0.3 is 0 Å². The van der Waals surface area contributed by atoms with E-state index in [1.165, 1.54) is 0 Å². The van der Waals surface area contributed by atoms with Crippen LogP contribution >= 0.6 is 0 Å². The maximum atomic E-state index is 5.28. The first-order chi connectivity index (χ1) is 8.38. The van der Waals surface area contributed by atoms with Crippen LogP contribution in [0.25, 0.3) is 16.9 Å². The summed E-state index contributed by atoms with van der Waals surface area (Å²) in [5, 5.41) is 0. The number of nitrogen functional groups attached to an aromatic ring is 1. The van der Waals surface area contributed by atoms with E-state index in [4.69, 9.17) is 5.84 Å². The van der Waals surface area contributed by atoms with Crippen molar-refractivity contribution in [1.82, 2.24) is 19.5 Å². The quantitative estimate of drug-likeness (QED) is 0.505. The maximum Gasteiger partial charge on any atom is 0.239 e. The van der Waals surface area contributed by atoms with Crippen molar-refractivity contribution < 1.29 is 0 Å². The molecule has 0 radical (unpaired) electrons. The van der Waals surface area contributed by atoms with Gasteiger partial charge in [-0.3, -0.25) is 9.99 Å². The Hall–Kier alpha value is -2.47. The van der Waals surface area contributed by atoms with Gasteiger partial charge in [-0.15, -0.1) is 0 Å². The van der Waals surface area contributed by atoms with Crippen LogP contribution in [0.15, 0.2) is 42.9 Å². The molecule has 2 aromatic heterocycles. The molecule has 3 N–H and O–H groups in total. The molecule has 0 amide bonds. The summed E-state index contributed by atoms with van der Waals surface area (Å²) in [5.41, 5.74) is 4.34. The van der Waals surface area contributed by atoms with E-state index in [-0.39, 0.29) is 0 Å². The molecule has 17 heavy (non-hydrogen) atoms. The number of aromatic nitrogens is 4. The monoisotopic (exact) mass is 226 g/mol. The van der Waals surface area contributed by atoms with Gasteiger partial charge in [0, 0.05) is 6.20 Å². The van der Waals surface area contributed by atoms with Gasteiger partial charge in [0.25, 0.3) is 0 Å². The molecule has 1 aromatic carbocycles. The van der Waals surface area contributed by atoms with Gasteiger partial charge in [-0.1, -0.05) is 12.1 Å². The number of benzene rings is 1. The highest BCUT2D eigenvalue weighted by Crippen LogP contribution is 2.16. The van der Waals surface area contributed by atoms with Gasteiger partial charge in [-0.25, -0.2) is 15.8 Å². The van der Waals surface area contributed by atoms with Crippen molar-refractivity contribution >= 4 is 17.0 Å². The number of hydrogen-bond acceptors (Lipinski definition) is 5. The Labute approximate surface area is 97.1 Å².